The lowest BCUT2D eigenvalue weighted by molar-refractivity contribution is 1.64. The van der Waals surface area contributed by atoms with Crippen molar-refractivity contribution in [1.29, 1.82) is 0 Å². The van der Waals surface area contributed by atoms with E-state index < -0.39 is 0 Å². The van der Waals surface area contributed by atoms with E-state index in [1.54, 1.807) is 11.3 Å². The van der Waals surface area contributed by atoms with Crippen molar-refractivity contribution in [2.75, 3.05) is 0 Å². The first-order chi connectivity index (χ1) is 22.1. The summed E-state index contributed by atoms with van der Waals surface area (Å²) in [5.41, 5.74) is 7.17. The molecule has 0 bridgehead atoms. The number of rotatable bonds is 3. The zero-order chi connectivity index (χ0) is 30.1. The van der Waals surface area contributed by atoms with Crippen molar-refractivity contribution >= 4 is 63.8 Å². The van der Waals surface area contributed by atoms with Crippen LogP contribution in [0.1, 0.15) is 2.74 Å². The van der Waals surface area contributed by atoms with Gasteiger partial charge in [-0.2, -0.15) is 0 Å². The van der Waals surface area contributed by atoms with Gasteiger partial charge in [-0.1, -0.05) is 140 Å². The molecular formula is C42H26S. The van der Waals surface area contributed by atoms with Crippen molar-refractivity contribution in [3.8, 4) is 33.4 Å². The molecule has 9 rings (SSSR count). The summed E-state index contributed by atoms with van der Waals surface area (Å²) in [7, 11) is 0. The second-order valence-electron chi connectivity index (χ2n) is 11.1. The van der Waals surface area contributed by atoms with Crippen LogP contribution in [0.2, 0.25) is 0 Å². The summed E-state index contributed by atoms with van der Waals surface area (Å²) in [6.45, 7) is 0. The molecule has 0 amide bonds. The van der Waals surface area contributed by atoms with E-state index >= 15 is 0 Å². The van der Waals surface area contributed by atoms with Gasteiger partial charge in [0.15, 0.2) is 0 Å². The van der Waals surface area contributed by atoms with E-state index in [4.69, 9.17) is 2.74 Å². The lowest BCUT2D eigenvalue weighted by atomic mass is 9.85. The molecule has 0 spiro atoms. The normalized spacial score (nSPS) is 12.4. The van der Waals surface area contributed by atoms with Crippen molar-refractivity contribution in [3.63, 3.8) is 0 Å². The Morgan fingerprint density at radius 1 is 0.419 bits per heavy atom. The lowest BCUT2D eigenvalue weighted by Crippen LogP contribution is -1.91. The van der Waals surface area contributed by atoms with Gasteiger partial charge in [0.1, 0.15) is 0 Å². The van der Waals surface area contributed by atoms with Gasteiger partial charge >= 0.3 is 0 Å². The third-order valence-corrected chi connectivity index (χ3v) is 9.82. The van der Waals surface area contributed by atoms with Crippen LogP contribution in [0.5, 0.6) is 0 Å². The Bertz CT molecular complexity index is 2550. The first kappa shape index (κ1) is 22.4. The Morgan fingerprint density at radius 2 is 1.02 bits per heavy atom. The molecule has 200 valence electrons. The maximum atomic E-state index is 8.59. The average molecular weight is 565 g/mol. The molecule has 1 heteroatoms. The summed E-state index contributed by atoms with van der Waals surface area (Å²) in [6, 6.07) is 52.6. The van der Waals surface area contributed by atoms with E-state index in [-0.39, 0.29) is 0 Å². The Balaban J connectivity index is 1.25. The van der Waals surface area contributed by atoms with Crippen LogP contribution in [0.4, 0.5) is 0 Å². The average Bonchev–Trinajstić information content (AvgIpc) is 3.48. The number of benzene rings is 8. The maximum Gasteiger partial charge on any atom is 0.0638 e. The molecule has 0 nitrogen and oxygen atoms in total. The van der Waals surface area contributed by atoms with Crippen LogP contribution in [0.15, 0.2) is 158 Å². The van der Waals surface area contributed by atoms with Gasteiger partial charge in [0, 0.05) is 20.2 Å². The first-order valence-corrected chi connectivity index (χ1v) is 15.4. The van der Waals surface area contributed by atoms with Gasteiger partial charge in [0.05, 0.1) is 2.74 Å². The molecule has 1 heterocycles. The SMILES string of the molecule is [2H]c1ccc2cc(-c3c4ccccc4c(-c4ccc(-c5ccc([2H])c6sc7ccccc7c56)cc4)c4ccccc34)ccc2c1. The van der Waals surface area contributed by atoms with Crippen LogP contribution >= 0.6 is 11.3 Å². The molecule has 0 saturated heterocycles. The van der Waals surface area contributed by atoms with E-state index in [9.17, 15) is 0 Å². The summed E-state index contributed by atoms with van der Waals surface area (Å²) >= 11 is 1.70. The van der Waals surface area contributed by atoms with Crippen LogP contribution in [-0.2, 0) is 0 Å². The number of thiophene rings is 1. The Morgan fingerprint density at radius 3 is 1.74 bits per heavy atom. The van der Waals surface area contributed by atoms with Crippen molar-refractivity contribution < 1.29 is 2.74 Å². The molecule has 0 fully saturated rings. The third kappa shape index (κ3) is 3.82. The minimum absolute atomic E-state index is 0.531. The zero-order valence-electron chi connectivity index (χ0n) is 25.3. The molecule has 0 radical (unpaired) electrons. The topological polar surface area (TPSA) is 0 Å². The summed E-state index contributed by atoms with van der Waals surface area (Å²) in [4.78, 5) is 0. The Hall–Kier alpha value is -5.24. The second-order valence-corrected chi connectivity index (χ2v) is 12.2. The van der Waals surface area contributed by atoms with E-state index in [2.05, 4.69) is 121 Å². The standard InChI is InChI=1S/C42H26S/c1-2-11-30-26-31(25-20-27(30)10-1)41-35-14-5-3-12-33(35)40(34-13-4-6-15-36(34)41)29-23-21-28(22-24-29)32-17-9-19-39-42(32)37-16-7-8-18-38(37)43-39/h1-26H/i1D,19D. The molecule has 1 aromatic heterocycles. The van der Waals surface area contributed by atoms with Crippen molar-refractivity contribution in [1.82, 2.24) is 0 Å². The summed E-state index contributed by atoms with van der Waals surface area (Å²) in [5.74, 6) is 0. The lowest BCUT2D eigenvalue weighted by Gasteiger charge is -2.18. The van der Waals surface area contributed by atoms with Gasteiger partial charge in [-0.05, 0) is 83.9 Å². The molecule has 43 heavy (non-hydrogen) atoms. The molecule has 0 saturated carbocycles. The van der Waals surface area contributed by atoms with Crippen LogP contribution in [0.3, 0.4) is 0 Å². The molecule has 0 N–H and O–H groups in total. The van der Waals surface area contributed by atoms with Crippen LogP contribution in [-0.4, -0.2) is 0 Å². The fourth-order valence-corrected chi connectivity index (χ4v) is 7.88. The van der Waals surface area contributed by atoms with Gasteiger partial charge in [0.2, 0.25) is 0 Å². The molecular weight excluding hydrogens is 537 g/mol. The monoisotopic (exact) mass is 564 g/mol. The maximum absolute atomic E-state index is 8.59. The summed E-state index contributed by atoms with van der Waals surface area (Å²) in [6.07, 6.45) is 0. The highest BCUT2D eigenvalue weighted by molar-refractivity contribution is 7.25. The third-order valence-electron chi connectivity index (χ3n) is 8.72. The molecule has 8 aromatic carbocycles. The molecule has 0 atom stereocenters. The van der Waals surface area contributed by atoms with Crippen LogP contribution in [0, 0.1) is 0 Å². The number of hydrogen-bond donors (Lipinski definition) is 0. The van der Waals surface area contributed by atoms with E-state index in [1.807, 2.05) is 24.3 Å². The zero-order valence-corrected chi connectivity index (χ0v) is 24.1. The second kappa shape index (κ2) is 9.66. The fraction of sp³-hybridized carbons (Fsp3) is 0. The van der Waals surface area contributed by atoms with Gasteiger partial charge in [0.25, 0.3) is 0 Å². The van der Waals surface area contributed by atoms with Crippen molar-refractivity contribution in [2.24, 2.45) is 0 Å². The first-order valence-electron chi connectivity index (χ1n) is 15.6. The Labute approximate surface area is 256 Å². The van der Waals surface area contributed by atoms with Crippen molar-refractivity contribution in [3.05, 3.63) is 158 Å². The van der Waals surface area contributed by atoms with Crippen LogP contribution < -0.4 is 0 Å². The largest absolute Gasteiger partial charge is 0.135 e. The highest BCUT2D eigenvalue weighted by atomic mass is 32.1. The van der Waals surface area contributed by atoms with E-state index in [1.165, 1.54) is 64.8 Å². The van der Waals surface area contributed by atoms with Crippen LogP contribution in [0.25, 0.3) is 85.9 Å². The quantitative estimate of drug-likeness (QED) is 0.187. The van der Waals surface area contributed by atoms with Gasteiger partial charge in [-0.3, -0.25) is 0 Å². The molecule has 0 unspecified atom stereocenters. The highest BCUT2D eigenvalue weighted by Gasteiger charge is 2.17. The molecule has 0 aliphatic heterocycles. The molecule has 0 aliphatic carbocycles. The fourth-order valence-electron chi connectivity index (χ4n) is 6.79. The van der Waals surface area contributed by atoms with Gasteiger partial charge < -0.3 is 0 Å². The van der Waals surface area contributed by atoms with E-state index in [0.717, 1.165) is 21.0 Å². The predicted molar refractivity (Wildman–Crippen MR) is 188 cm³/mol. The Kier molecular flexibility index (Phi) is 5.03. The molecule has 9 aromatic rings. The van der Waals surface area contributed by atoms with Gasteiger partial charge in [-0.15, -0.1) is 11.3 Å². The van der Waals surface area contributed by atoms with Crippen molar-refractivity contribution in [2.45, 2.75) is 0 Å². The number of fused-ring (bicyclic) bond motifs is 6. The summed E-state index contributed by atoms with van der Waals surface area (Å²) < 4.78 is 18.9. The summed E-state index contributed by atoms with van der Waals surface area (Å²) in [5, 5.41) is 9.52. The minimum atomic E-state index is 0.531. The predicted octanol–water partition coefficient (Wildman–Crippen LogP) is 12.5. The smallest absolute Gasteiger partial charge is 0.0638 e. The number of hydrogen-bond acceptors (Lipinski definition) is 1. The van der Waals surface area contributed by atoms with E-state index in [0.29, 0.717) is 12.1 Å². The van der Waals surface area contributed by atoms with Gasteiger partial charge in [-0.25, -0.2) is 0 Å². The highest BCUT2D eigenvalue weighted by Crippen LogP contribution is 2.45. The minimum Gasteiger partial charge on any atom is -0.135 e. The molecule has 0 aliphatic rings.